The molecule has 0 saturated carbocycles. The first-order chi connectivity index (χ1) is 15.9. The molecule has 1 N–H and O–H groups in total. The van der Waals surface area contributed by atoms with Crippen LogP contribution in [0, 0.1) is 19.8 Å². The number of hydrogen-bond acceptors (Lipinski definition) is 6. The summed E-state index contributed by atoms with van der Waals surface area (Å²) in [6.45, 7) is 7.93. The molecule has 4 rings (SSSR count). The number of hydrogen-bond donors (Lipinski definition) is 1. The van der Waals surface area contributed by atoms with E-state index < -0.39 is 0 Å². The van der Waals surface area contributed by atoms with Crippen molar-refractivity contribution in [3.63, 3.8) is 0 Å². The number of benzene rings is 1. The summed E-state index contributed by atoms with van der Waals surface area (Å²) in [5.41, 5.74) is 3.98. The van der Waals surface area contributed by atoms with Gasteiger partial charge in [-0.1, -0.05) is 23.8 Å². The Kier molecular flexibility index (Phi) is 7.15. The molecule has 172 valence electrons. The first kappa shape index (κ1) is 23.1. The second kappa shape index (κ2) is 10.2. The number of rotatable bonds is 6. The summed E-state index contributed by atoms with van der Waals surface area (Å²) in [6.07, 6.45) is 3.36. The third-order valence-corrected chi connectivity index (χ3v) is 6.72. The van der Waals surface area contributed by atoms with Crippen molar-refractivity contribution in [1.82, 2.24) is 14.9 Å². The van der Waals surface area contributed by atoms with E-state index in [9.17, 15) is 9.59 Å². The van der Waals surface area contributed by atoms with Crippen LogP contribution in [0.1, 0.15) is 36.6 Å². The van der Waals surface area contributed by atoms with E-state index in [2.05, 4.69) is 15.2 Å². The Morgan fingerprint density at radius 1 is 1.09 bits per heavy atom. The Morgan fingerprint density at radius 2 is 1.79 bits per heavy atom. The van der Waals surface area contributed by atoms with E-state index in [1.54, 1.807) is 18.0 Å². The summed E-state index contributed by atoms with van der Waals surface area (Å²) in [5.74, 6) is 0.573. The zero-order chi connectivity index (χ0) is 23.4. The number of anilines is 3. The average molecular weight is 464 g/mol. The number of carbonyl (C=O) groups excluding carboxylic acids is 2. The molecule has 0 radical (unpaired) electrons. The minimum atomic E-state index is -0.0605. The Balaban J connectivity index is 1.32. The molecule has 1 aromatic carbocycles. The van der Waals surface area contributed by atoms with Gasteiger partial charge in [0.25, 0.3) is 0 Å². The third kappa shape index (κ3) is 5.83. The lowest BCUT2D eigenvalue weighted by atomic mass is 9.96. The van der Waals surface area contributed by atoms with Gasteiger partial charge in [0.1, 0.15) is 5.82 Å². The Labute approximate surface area is 198 Å². The largest absolute Gasteiger partial charge is 0.310 e. The summed E-state index contributed by atoms with van der Waals surface area (Å²) < 4.78 is 0. The van der Waals surface area contributed by atoms with Crippen LogP contribution in [0.25, 0.3) is 0 Å². The lowest BCUT2D eigenvalue weighted by Crippen LogP contribution is -2.38. The molecule has 2 aromatic heterocycles. The van der Waals surface area contributed by atoms with Gasteiger partial charge < -0.3 is 5.32 Å². The van der Waals surface area contributed by atoms with E-state index in [0.717, 1.165) is 48.4 Å². The van der Waals surface area contributed by atoms with Crippen molar-refractivity contribution < 1.29 is 9.59 Å². The Morgan fingerprint density at radius 3 is 2.42 bits per heavy atom. The quantitative estimate of drug-likeness (QED) is 0.574. The molecule has 3 heterocycles. The van der Waals surface area contributed by atoms with Crippen LogP contribution in [0.2, 0.25) is 0 Å². The van der Waals surface area contributed by atoms with Gasteiger partial charge >= 0.3 is 0 Å². The average Bonchev–Trinajstić information content (AvgIpc) is 3.25. The summed E-state index contributed by atoms with van der Waals surface area (Å²) in [5, 5.41) is 5.63. The Bertz CT molecular complexity index is 1100. The second-order valence-electron chi connectivity index (χ2n) is 8.57. The van der Waals surface area contributed by atoms with Crippen LogP contribution in [-0.4, -0.2) is 39.8 Å². The molecule has 1 saturated heterocycles. The van der Waals surface area contributed by atoms with Crippen molar-refractivity contribution in [2.75, 3.05) is 23.3 Å². The summed E-state index contributed by atoms with van der Waals surface area (Å²) in [6, 6.07) is 11.7. The van der Waals surface area contributed by atoms with Crippen LogP contribution in [0.15, 0.2) is 48.0 Å². The molecule has 1 fully saturated rings. The molecule has 1 aliphatic rings. The van der Waals surface area contributed by atoms with Crippen LogP contribution >= 0.6 is 11.3 Å². The van der Waals surface area contributed by atoms with Crippen molar-refractivity contribution in [3.8, 4) is 0 Å². The van der Waals surface area contributed by atoms with Crippen molar-refractivity contribution in [3.05, 3.63) is 64.8 Å². The SMILES string of the molecule is CC(=O)N(c1ccc(C)cc1)c1nc(CN2CCC(C(=O)Nc3ccc(C)cn3)CC2)cs1. The lowest BCUT2D eigenvalue weighted by molar-refractivity contribution is -0.121. The highest BCUT2D eigenvalue weighted by Crippen LogP contribution is 2.30. The highest BCUT2D eigenvalue weighted by atomic mass is 32.1. The summed E-state index contributed by atoms with van der Waals surface area (Å²) >= 11 is 1.48. The van der Waals surface area contributed by atoms with Crippen LogP contribution in [0.5, 0.6) is 0 Å². The maximum Gasteiger partial charge on any atom is 0.230 e. The number of nitrogens with zero attached hydrogens (tertiary/aromatic N) is 4. The predicted octanol–water partition coefficient (Wildman–Crippen LogP) is 4.69. The lowest BCUT2D eigenvalue weighted by Gasteiger charge is -2.30. The molecule has 8 heteroatoms. The normalized spacial score (nSPS) is 14.8. The van der Waals surface area contributed by atoms with Gasteiger partial charge in [0, 0.05) is 31.0 Å². The van der Waals surface area contributed by atoms with Gasteiger partial charge in [-0.2, -0.15) is 0 Å². The number of aromatic nitrogens is 2. The van der Waals surface area contributed by atoms with Crippen LogP contribution in [0.4, 0.5) is 16.6 Å². The maximum atomic E-state index is 12.6. The molecular weight excluding hydrogens is 434 g/mol. The third-order valence-electron chi connectivity index (χ3n) is 5.84. The molecule has 0 spiro atoms. The van der Waals surface area contributed by atoms with Crippen LogP contribution < -0.4 is 10.2 Å². The molecule has 0 unspecified atom stereocenters. The number of carbonyl (C=O) groups is 2. The van der Waals surface area contributed by atoms with E-state index in [4.69, 9.17) is 4.98 Å². The van der Waals surface area contributed by atoms with Crippen molar-refractivity contribution >= 4 is 39.8 Å². The highest BCUT2D eigenvalue weighted by Gasteiger charge is 2.26. The first-order valence-electron chi connectivity index (χ1n) is 11.2. The molecule has 0 atom stereocenters. The number of piperidine rings is 1. The minimum Gasteiger partial charge on any atom is -0.310 e. The molecule has 0 bridgehead atoms. The molecule has 0 aliphatic carbocycles. The first-order valence-corrected chi connectivity index (χ1v) is 12.0. The van der Waals surface area contributed by atoms with Crippen molar-refractivity contribution in [1.29, 1.82) is 0 Å². The molecular formula is C25H29N5O2S. The van der Waals surface area contributed by atoms with E-state index in [0.29, 0.717) is 17.5 Å². The van der Waals surface area contributed by atoms with Crippen molar-refractivity contribution in [2.45, 2.75) is 40.2 Å². The fourth-order valence-electron chi connectivity index (χ4n) is 3.94. The maximum absolute atomic E-state index is 12.6. The number of thiazole rings is 1. The van der Waals surface area contributed by atoms with Gasteiger partial charge in [-0.05, 0) is 63.5 Å². The van der Waals surface area contributed by atoms with E-state index in [1.165, 1.54) is 11.3 Å². The van der Waals surface area contributed by atoms with Crippen LogP contribution in [0.3, 0.4) is 0 Å². The van der Waals surface area contributed by atoms with Crippen molar-refractivity contribution in [2.24, 2.45) is 5.92 Å². The Hall–Kier alpha value is -3.10. The minimum absolute atomic E-state index is 0.00918. The standard InChI is InChI=1S/C25H29N5O2S/c1-17-4-7-22(8-5-17)30(19(3)31)25-27-21(16-33-25)15-29-12-10-20(11-13-29)24(32)28-23-9-6-18(2)14-26-23/h4-9,14,16,20H,10-13,15H2,1-3H3,(H,26,28,32). The molecule has 7 nitrogen and oxygen atoms in total. The van der Waals surface area contributed by atoms with E-state index in [-0.39, 0.29) is 17.7 Å². The molecule has 1 aliphatic heterocycles. The number of likely N-dealkylation sites (tertiary alicyclic amines) is 1. The number of nitrogens with one attached hydrogen (secondary N) is 1. The second-order valence-corrected chi connectivity index (χ2v) is 9.41. The van der Waals surface area contributed by atoms with Gasteiger partial charge in [-0.15, -0.1) is 11.3 Å². The van der Waals surface area contributed by atoms with Gasteiger partial charge in [-0.3, -0.25) is 19.4 Å². The fourth-order valence-corrected chi connectivity index (χ4v) is 4.82. The number of amides is 2. The highest BCUT2D eigenvalue weighted by molar-refractivity contribution is 7.14. The zero-order valence-electron chi connectivity index (χ0n) is 19.2. The van der Waals surface area contributed by atoms with E-state index >= 15 is 0 Å². The van der Waals surface area contributed by atoms with Crippen LogP contribution in [-0.2, 0) is 16.1 Å². The molecule has 2 amide bonds. The number of aryl methyl sites for hydroxylation is 2. The summed E-state index contributed by atoms with van der Waals surface area (Å²) in [7, 11) is 0. The predicted molar refractivity (Wildman–Crippen MR) is 132 cm³/mol. The van der Waals surface area contributed by atoms with Gasteiger partial charge in [0.2, 0.25) is 11.8 Å². The van der Waals surface area contributed by atoms with Gasteiger partial charge in [0.15, 0.2) is 5.13 Å². The molecule has 3 aromatic rings. The summed E-state index contributed by atoms with van der Waals surface area (Å²) in [4.78, 5) is 37.9. The number of pyridine rings is 1. The zero-order valence-corrected chi connectivity index (χ0v) is 20.1. The fraction of sp³-hybridized carbons (Fsp3) is 0.360. The monoisotopic (exact) mass is 463 g/mol. The van der Waals surface area contributed by atoms with Gasteiger partial charge in [-0.25, -0.2) is 9.97 Å². The van der Waals surface area contributed by atoms with Gasteiger partial charge in [0.05, 0.1) is 11.4 Å². The topological polar surface area (TPSA) is 78.4 Å². The smallest absolute Gasteiger partial charge is 0.230 e. The molecule has 33 heavy (non-hydrogen) atoms. The van der Waals surface area contributed by atoms with E-state index in [1.807, 2.05) is 55.6 Å².